The summed E-state index contributed by atoms with van der Waals surface area (Å²) in [6.45, 7) is 4.54. The third kappa shape index (κ3) is 22.1. The van der Waals surface area contributed by atoms with E-state index in [9.17, 15) is 63.0 Å². The van der Waals surface area contributed by atoms with Crippen molar-refractivity contribution in [3.05, 3.63) is 54.2 Å². The summed E-state index contributed by atoms with van der Waals surface area (Å²) in [6.07, 6.45) is 6.61. The molecule has 0 radical (unpaired) electrons. The molecule has 0 aliphatic carbocycles. The molecule has 0 unspecified atom stereocenters. The van der Waals surface area contributed by atoms with E-state index >= 15 is 0 Å². The fraction of sp³-hybridized carbons (Fsp3) is 0.551. The Bertz CT molecular complexity index is 2590. The monoisotopic (exact) mass is 1210 g/mol. The van der Waals surface area contributed by atoms with E-state index < -0.39 is 144 Å². The van der Waals surface area contributed by atoms with Crippen LogP contribution in [0.3, 0.4) is 0 Å². The number of fused-ring (bicyclic) bond motifs is 1. The van der Waals surface area contributed by atoms with Gasteiger partial charge in [-0.25, -0.2) is 9.78 Å². The van der Waals surface area contributed by atoms with Crippen LogP contribution < -0.4 is 53.6 Å². The second kappa shape index (κ2) is 34.9. The lowest BCUT2D eigenvalue weighted by Crippen LogP contribution is -2.61. The van der Waals surface area contributed by atoms with Crippen molar-refractivity contribution in [3.63, 3.8) is 0 Å². The van der Waals surface area contributed by atoms with Crippen molar-refractivity contribution in [2.24, 2.45) is 11.7 Å². The molecule has 0 bridgehead atoms. The number of aromatic amines is 2. The van der Waals surface area contributed by atoms with Crippen molar-refractivity contribution in [3.8, 4) is 0 Å². The predicted molar refractivity (Wildman–Crippen MR) is 312 cm³/mol. The maximum atomic E-state index is 14.5. The first kappa shape index (κ1) is 68.1. The number of H-pyrrole nitrogens is 2. The summed E-state index contributed by atoms with van der Waals surface area (Å²) in [5.74, 6) is -10.7. The largest absolute Gasteiger partial charge is 0.481 e. The molecule has 2 aromatic heterocycles. The van der Waals surface area contributed by atoms with Crippen LogP contribution in [-0.4, -0.2) is 192 Å². The first-order valence-corrected chi connectivity index (χ1v) is 29.9. The Kier molecular flexibility index (Phi) is 29.7. The number of carboxylic acids is 2. The number of imidazole rings is 1. The van der Waals surface area contributed by atoms with Gasteiger partial charge in [0.2, 0.25) is 53.2 Å². The fourth-order valence-electron chi connectivity index (χ4n) is 7.66. The van der Waals surface area contributed by atoms with Crippen LogP contribution in [0.1, 0.15) is 57.7 Å². The number of para-hydroxylation sites is 1. The van der Waals surface area contributed by atoms with Crippen LogP contribution >= 0.6 is 61.4 Å². The highest BCUT2D eigenvalue weighted by Gasteiger charge is 2.36. The third-order valence-corrected chi connectivity index (χ3v) is 14.7. The van der Waals surface area contributed by atoms with Crippen molar-refractivity contribution in [2.45, 2.75) is 120 Å². The van der Waals surface area contributed by atoms with E-state index in [1.165, 1.54) is 43.0 Å². The van der Waals surface area contributed by atoms with E-state index in [0.717, 1.165) is 10.9 Å². The van der Waals surface area contributed by atoms with Gasteiger partial charge >= 0.3 is 11.9 Å². The zero-order valence-electron chi connectivity index (χ0n) is 44.7. The third-order valence-electron chi connectivity index (χ3n) is 12.3. The van der Waals surface area contributed by atoms with Gasteiger partial charge in [-0.3, -0.25) is 47.9 Å². The number of hydrogen-bond acceptors (Lipinski definition) is 18. The zero-order valence-corrected chi connectivity index (χ0v) is 49.1. The van der Waals surface area contributed by atoms with Gasteiger partial charge in [0.25, 0.3) is 0 Å². The second-order valence-corrected chi connectivity index (χ2v) is 21.8. The number of thioether (sulfide) groups is 2. The summed E-state index contributed by atoms with van der Waals surface area (Å²) in [4.78, 5) is 157. The average Bonchev–Trinajstić information content (AvgIpc) is 4.10. The number of nitrogens with zero attached hydrogens (tertiary/aromatic N) is 1. The van der Waals surface area contributed by atoms with E-state index in [4.69, 9.17) is 5.73 Å². The number of hydrogen-bond donors (Lipinski definition) is 17. The molecule has 2 heterocycles. The molecule has 442 valence electrons. The molecular weight excluding hydrogens is 1140 g/mol. The van der Waals surface area contributed by atoms with Crippen LogP contribution in [0.4, 0.5) is 0 Å². The Morgan fingerprint density at radius 2 is 1.06 bits per heavy atom. The summed E-state index contributed by atoms with van der Waals surface area (Å²) in [6, 6.07) is -6.10. The molecule has 9 amide bonds. The minimum absolute atomic E-state index is 0.0147. The molecule has 10 atom stereocenters. The Morgan fingerprint density at radius 3 is 1.59 bits per heavy atom. The van der Waals surface area contributed by atoms with Gasteiger partial charge in [0.15, 0.2) is 0 Å². The van der Waals surface area contributed by atoms with E-state index in [1.807, 2.05) is 12.1 Å². The molecule has 80 heavy (non-hydrogen) atoms. The van der Waals surface area contributed by atoms with Gasteiger partial charge < -0.3 is 73.8 Å². The number of benzene rings is 1. The van der Waals surface area contributed by atoms with E-state index in [2.05, 4.69) is 101 Å². The van der Waals surface area contributed by atoms with Crippen LogP contribution in [0.2, 0.25) is 0 Å². The first-order chi connectivity index (χ1) is 38.0. The number of carbonyl (C=O) groups excluding carboxylic acids is 9. The quantitative estimate of drug-likeness (QED) is 0.0288. The number of amides is 9. The highest BCUT2D eigenvalue weighted by Crippen LogP contribution is 2.20. The zero-order chi connectivity index (χ0) is 59.6. The molecule has 0 aliphatic heterocycles. The number of carbonyl (C=O) groups is 11. The van der Waals surface area contributed by atoms with E-state index in [-0.39, 0.29) is 42.9 Å². The van der Waals surface area contributed by atoms with Gasteiger partial charge in [0.05, 0.1) is 12.4 Å². The highest BCUT2D eigenvalue weighted by atomic mass is 32.2. The maximum absolute atomic E-state index is 14.5. The Hall–Kier alpha value is -6.15. The van der Waals surface area contributed by atoms with Gasteiger partial charge in [-0.05, 0) is 67.8 Å². The van der Waals surface area contributed by atoms with Crippen molar-refractivity contribution in [1.82, 2.24) is 62.8 Å². The molecular formula is C49H73N13O13S5. The molecule has 31 heteroatoms. The topological polar surface area (TPSA) is 407 Å². The fourth-order valence-corrected chi connectivity index (χ4v) is 9.27. The van der Waals surface area contributed by atoms with Crippen molar-refractivity contribution >= 4 is 137 Å². The molecule has 0 spiro atoms. The molecule has 15 N–H and O–H groups in total. The lowest BCUT2D eigenvalue weighted by molar-refractivity contribution is -0.141. The lowest BCUT2D eigenvalue weighted by Gasteiger charge is -2.29. The van der Waals surface area contributed by atoms with Gasteiger partial charge in [-0.1, -0.05) is 32.0 Å². The molecule has 0 saturated carbocycles. The standard InChI is InChI=1S/C49H73N13O13S5/c1-24(2)39(62-44(69)31(10-11-38(63)64)55-46(71)35(17-27-19-51-23-53-27)58-40(65)25(3)54-41(66)29(50)20-76)48(73)57-33(13-15-80-5)42(67)59-34(16-26-18-52-30-9-7-6-8-28(26)30)45(70)56-32(12-14-79-4)43(68)60-36(21-77)47(72)61-37(22-78)49(74)75/h6-9,18-19,23-25,29,31-37,39,52,76-78H,10-17,20-22,50H2,1-5H3,(H,51,53)(H,54,66)(H,55,71)(H,56,70)(H,57,73)(H,58,65)(H,59,67)(H,60,68)(H,61,72)(H,62,69)(H,63,64)(H,74,75)/t25-,29-,31-,32-,33-,34-,35-,36-,37-,39-/m0/s1. The lowest BCUT2D eigenvalue weighted by atomic mass is 10.0. The Balaban J connectivity index is 1.93. The highest BCUT2D eigenvalue weighted by molar-refractivity contribution is 7.98. The summed E-state index contributed by atoms with van der Waals surface area (Å²) >= 11 is 14.9. The summed E-state index contributed by atoms with van der Waals surface area (Å²) in [7, 11) is 0. The predicted octanol–water partition coefficient (Wildman–Crippen LogP) is -1.71. The van der Waals surface area contributed by atoms with Crippen LogP contribution in [0.15, 0.2) is 43.0 Å². The minimum Gasteiger partial charge on any atom is -0.481 e. The van der Waals surface area contributed by atoms with Crippen molar-refractivity contribution in [2.75, 3.05) is 41.3 Å². The Labute approximate surface area is 487 Å². The molecule has 0 fully saturated rings. The molecule has 0 saturated heterocycles. The molecule has 3 rings (SSSR count). The van der Waals surface area contributed by atoms with Crippen LogP contribution in [0.5, 0.6) is 0 Å². The minimum atomic E-state index is -1.59. The average molecular weight is 1210 g/mol. The van der Waals surface area contributed by atoms with Crippen molar-refractivity contribution in [1.29, 1.82) is 0 Å². The van der Waals surface area contributed by atoms with E-state index in [0.29, 0.717) is 22.8 Å². The summed E-state index contributed by atoms with van der Waals surface area (Å²) in [5, 5.41) is 42.9. The summed E-state index contributed by atoms with van der Waals surface area (Å²) in [5.41, 5.74) is 7.45. The van der Waals surface area contributed by atoms with Gasteiger partial charge in [0.1, 0.15) is 54.4 Å². The SMILES string of the molecule is CSCC[C@H](NC(=O)[C@H](Cc1c[nH]c2ccccc12)NC(=O)[C@H](CCSC)NC(=O)[C@@H](NC(=O)[C@H](CCC(=O)O)NC(=O)[C@H](Cc1cnc[nH]1)NC(=O)[C@H](C)NC(=O)[C@@H](N)CS)C(C)C)C(=O)N[C@@H](CS)C(=O)N[C@@H](CS)C(=O)O. The number of thiol groups is 3. The van der Waals surface area contributed by atoms with Crippen LogP contribution in [0.25, 0.3) is 10.9 Å². The van der Waals surface area contributed by atoms with E-state index in [1.54, 1.807) is 44.7 Å². The number of nitrogens with two attached hydrogens (primary N) is 1. The van der Waals surface area contributed by atoms with Crippen LogP contribution in [-0.2, 0) is 65.6 Å². The smallest absolute Gasteiger partial charge is 0.327 e. The molecule has 3 aromatic rings. The number of rotatable bonds is 36. The number of aromatic nitrogens is 3. The van der Waals surface area contributed by atoms with Gasteiger partial charge in [0, 0.05) is 65.5 Å². The number of aliphatic carboxylic acids is 2. The number of carboxylic acid groups (broad SMARTS) is 2. The van der Waals surface area contributed by atoms with Gasteiger partial charge in [-0.2, -0.15) is 61.4 Å². The van der Waals surface area contributed by atoms with Crippen LogP contribution in [0, 0.1) is 5.92 Å². The Morgan fingerprint density at radius 1 is 0.575 bits per heavy atom. The maximum Gasteiger partial charge on any atom is 0.327 e. The first-order valence-electron chi connectivity index (χ1n) is 25.2. The molecule has 1 aromatic carbocycles. The van der Waals surface area contributed by atoms with Gasteiger partial charge in [-0.15, -0.1) is 0 Å². The summed E-state index contributed by atoms with van der Waals surface area (Å²) < 4.78 is 0. The molecule has 26 nitrogen and oxygen atoms in total. The second-order valence-electron chi connectivity index (χ2n) is 18.7. The van der Waals surface area contributed by atoms with Crippen molar-refractivity contribution < 1.29 is 63.0 Å². The normalized spacial score (nSPS) is 15.0. The number of nitrogens with one attached hydrogen (secondary N) is 11. The molecule has 0 aliphatic rings.